The molecule has 0 aromatic heterocycles. The van der Waals surface area contributed by atoms with Gasteiger partial charge in [0.2, 0.25) is 11.8 Å². The first-order chi connectivity index (χ1) is 10.0. The van der Waals surface area contributed by atoms with Gasteiger partial charge in [-0.15, -0.1) is 0 Å². The molecule has 1 atom stereocenters. The van der Waals surface area contributed by atoms with E-state index in [-0.39, 0.29) is 18.1 Å². The van der Waals surface area contributed by atoms with E-state index in [0.717, 1.165) is 12.8 Å². The zero-order chi connectivity index (χ0) is 15.2. The van der Waals surface area contributed by atoms with Crippen molar-refractivity contribution < 1.29 is 14.0 Å². The SMILES string of the molecule is NC(=O)[C@@H](Cc1cccc(F)c1)NC(=O)CC1CCCC1. The Morgan fingerprint density at radius 3 is 2.67 bits per heavy atom. The van der Waals surface area contributed by atoms with Gasteiger partial charge in [0.1, 0.15) is 11.9 Å². The molecule has 0 radical (unpaired) electrons. The third-order valence-corrected chi connectivity index (χ3v) is 3.96. The van der Waals surface area contributed by atoms with Crippen LogP contribution in [0.4, 0.5) is 4.39 Å². The Hall–Kier alpha value is -1.91. The van der Waals surface area contributed by atoms with Crippen LogP contribution >= 0.6 is 0 Å². The lowest BCUT2D eigenvalue weighted by atomic mass is 10.0. The van der Waals surface area contributed by atoms with Crippen LogP contribution in [0.15, 0.2) is 24.3 Å². The fourth-order valence-electron chi connectivity index (χ4n) is 2.85. The average molecular weight is 292 g/mol. The van der Waals surface area contributed by atoms with E-state index in [2.05, 4.69) is 5.32 Å². The van der Waals surface area contributed by atoms with E-state index >= 15 is 0 Å². The summed E-state index contributed by atoms with van der Waals surface area (Å²) >= 11 is 0. The Morgan fingerprint density at radius 2 is 2.05 bits per heavy atom. The first-order valence-electron chi connectivity index (χ1n) is 7.37. The van der Waals surface area contributed by atoms with Crippen molar-refractivity contribution in [3.05, 3.63) is 35.6 Å². The van der Waals surface area contributed by atoms with Crippen LogP contribution in [0, 0.1) is 11.7 Å². The highest BCUT2D eigenvalue weighted by atomic mass is 19.1. The van der Waals surface area contributed by atoms with Crippen LogP contribution in [0.25, 0.3) is 0 Å². The van der Waals surface area contributed by atoms with Crippen molar-refractivity contribution in [2.75, 3.05) is 0 Å². The normalized spacial score (nSPS) is 16.6. The number of halogens is 1. The van der Waals surface area contributed by atoms with Gasteiger partial charge in [0.15, 0.2) is 0 Å². The van der Waals surface area contributed by atoms with Gasteiger partial charge in [0, 0.05) is 12.8 Å². The van der Waals surface area contributed by atoms with Crippen LogP contribution in [-0.4, -0.2) is 17.9 Å². The summed E-state index contributed by atoms with van der Waals surface area (Å²) in [6, 6.07) is 5.17. The maximum atomic E-state index is 13.1. The molecule has 0 aliphatic heterocycles. The molecule has 2 amide bonds. The summed E-state index contributed by atoms with van der Waals surface area (Å²) in [6.45, 7) is 0. The molecule has 1 aliphatic rings. The molecule has 1 fully saturated rings. The molecule has 0 heterocycles. The summed E-state index contributed by atoms with van der Waals surface area (Å²) in [6.07, 6.45) is 5.12. The van der Waals surface area contributed by atoms with Gasteiger partial charge in [0.25, 0.3) is 0 Å². The van der Waals surface area contributed by atoms with Crippen LogP contribution in [0.2, 0.25) is 0 Å². The van der Waals surface area contributed by atoms with E-state index in [1.54, 1.807) is 12.1 Å². The number of nitrogens with two attached hydrogens (primary N) is 1. The van der Waals surface area contributed by atoms with Crippen molar-refractivity contribution in [2.24, 2.45) is 11.7 Å². The summed E-state index contributed by atoms with van der Waals surface area (Å²) in [5, 5.41) is 2.68. The molecule has 1 saturated carbocycles. The van der Waals surface area contributed by atoms with Gasteiger partial charge in [0.05, 0.1) is 0 Å². The van der Waals surface area contributed by atoms with Crippen molar-refractivity contribution in [3.63, 3.8) is 0 Å². The summed E-state index contributed by atoms with van der Waals surface area (Å²) < 4.78 is 13.1. The number of amides is 2. The van der Waals surface area contributed by atoms with Crippen LogP contribution in [0.5, 0.6) is 0 Å². The van der Waals surface area contributed by atoms with E-state index in [0.29, 0.717) is 17.9 Å². The fourth-order valence-corrected chi connectivity index (χ4v) is 2.85. The number of hydrogen-bond donors (Lipinski definition) is 2. The Bertz CT molecular complexity index is 513. The minimum Gasteiger partial charge on any atom is -0.368 e. The Labute approximate surface area is 123 Å². The summed E-state index contributed by atoms with van der Waals surface area (Å²) in [4.78, 5) is 23.5. The second-order valence-corrected chi connectivity index (χ2v) is 5.71. The van der Waals surface area contributed by atoms with Crippen molar-refractivity contribution in [3.8, 4) is 0 Å². The smallest absolute Gasteiger partial charge is 0.240 e. The Morgan fingerprint density at radius 1 is 1.33 bits per heavy atom. The van der Waals surface area contributed by atoms with Crippen LogP contribution < -0.4 is 11.1 Å². The molecule has 0 saturated heterocycles. The van der Waals surface area contributed by atoms with E-state index in [1.165, 1.54) is 25.0 Å². The van der Waals surface area contributed by atoms with E-state index < -0.39 is 11.9 Å². The summed E-state index contributed by atoms with van der Waals surface area (Å²) in [5.41, 5.74) is 5.97. The second kappa shape index (κ2) is 7.20. The number of carbonyl (C=O) groups is 2. The van der Waals surface area contributed by atoms with Gasteiger partial charge in [-0.3, -0.25) is 9.59 Å². The van der Waals surface area contributed by atoms with Crippen LogP contribution in [0.3, 0.4) is 0 Å². The van der Waals surface area contributed by atoms with Crippen LogP contribution in [-0.2, 0) is 16.0 Å². The molecule has 21 heavy (non-hydrogen) atoms. The number of primary amides is 1. The number of hydrogen-bond acceptors (Lipinski definition) is 2. The molecule has 1 aromatic carbocycles. The predicted molar refractivity (Wildman–Crippen MR) is 77.8 cm³/mol. The van der Waals surface area contributed by atoms with E-state index in [9.17, 15) is 14.0 Å². The second-order valence-electron chi connectivity index (χ2n) is 5.71. The summed E-state index contributed by atoms with van der Waals surface area (Å²) in [7, 11) is 0. The minimum absolute atomic E-state index is 0.151. The Balaban J connectivity index is 1.92. The molecule has 5 heteroatoms. The molecule has 114 valence electrons. The molecule has 4 nitrogen and oxygen atoms in total. The molecule has 0 unspecified atom stereocenters. The highest BCUT2D eigenvalue weighted by molar-refractivity contribution is 5.86. The van der Waals surface area contributed by atoms with Crippen molar-refractivity contribution in [1.29, 1.82) is 0 Å². The average Bonchev–Trinajstić information content (AvgIpc) is 2.90. The van der Waals surface area contributed by atoms with Crippen molar-refractivity contribution >= 4 is 11.8 Å². The number of benzene rings is 1. The van der Waals surface area contributed by atoms with Crippen molar-refractivity contribution in [2.45, 2.75) is 44.6 Å². The van der Waals surface area contributed by atoms with E-state index in [1.807, 2.05) is 0 Å². The predicted octanol–water partition coefficient (Wildman–Crippen LogP) is 1.92. The van der Waals surface area contributed by atoms with Crippen LogP contribution in [0.1, 0.15) is 37.7 Å². The third kappa shape index (κ3) is 4.85. The number of carbonyl (C=O) groups excluding carboxylic acids is 2. The molecule has 1 aromatic rings. The fraction of sp³-hybridized carbons (Fsp3) is 0.500. The quantitative estimate of drug-likeness (QED) is 0.840. The molecule has 0 spiro atoms. The third-order valence-electron chi connectivity index (χ3n) is 3.96. The maximum Gasteiger partial charge on any atom is 0.240 e. The summed E-state index contributed by atoms with van der Waals surface area (Å²) in [5.74, 6) is -0.707. The monoisotopic (exact) mass is 292 g/mol. The molecule has 3 N–H and O–H groups in total. The molecule has 0 bridgehead atoms. The zero-order valence-electron chi connectivity index (χ0n) is 12.0. The highest BCUT2D eigenvalue weighted by Crippen LogP contribution is 2.27. The van der Waals surface area contributed by atoms with Crippen molar-refractivity contribution in [1.82, 2.24) is 5.32 Å². The lowest BCUT2D eigenvalue weighted by Gasteiger charge is -2.17. The largest absolute Gasteiger partial charge is 0.368 e. The lowest BCUT2D eigenvalue weighted by Crippen LogP contribution is -2.46. The zero-order valence-corrected chi connectivity index (χ0v) is 12.0. The first-order valence-corrected chi connectivity index (χ1v) is 7.37. The molecule has 1 aliphatic carbocycles. The van der Waals surface area contributed by atoms with Gasteiger partial charge in [-0.2, -0.15) is 0 Å². The number of nitrogens with one attached hydrogen (secondary N) is 1. The standard InChI is InChI=1S/C16H21FN2O2/c17-13-7-3-6-12(8-13)9-14(16(18)21)19-15(20)10-11-4-1-2-5-11/h3,6-8,11,14H,1-2,4-5,9-10H2,(H2,18,21)(H,19,20)/t14-/m1/s1. The highest BCUT2D eigenvalue weighted by Gasteiger charge is 2.22. The van der Waals surface area contributed by atoms with E-state index in [4.69, 9.17) is 5.73 Å². The molecular formula is C16H21FN2O2. The minimum atomic E-state index is -0.791. The number of rotatable bonds is 6. The maximum absolute atomic E-state index is 13.1. The van der Waals surface area contributed by atoms with Gasteiger partial charge >= 0.3 is 0 Å². The molecular weight excluding hydrogens is 271 g/mol. The van der Waals surface area contributed by atoms with Gasteiger partial charge < -0.3 is 11.1 Å². The molecule has 2 rings (SSSR count). The lowest BCUT2D eigenvalue weighted by molar-refractivity contribution is -0.127. The topological polar surface area (TPSA) is 72.2 Å². The first kappa shape index (κ1) is 15.5. The van der Waals surface area contributed by atoms with Gasteiger partial charge in [-0.25, -0.2) is 4.39 Å². The Kier molecular flexibility index (Phi) is 5.31. The van der Waals surface area contributed by atoms with Gasteiger partial charge in [-0.05, 0) is 36.5 Å². The van der Waals surface area contributed by atoms with Gasteiger partial charge in [-0.1, -0.05) is 25.0 Å².